The minimum Gasteiger partial charge on any atom is -0.505 e. The number of nitrogens with zero attached hydrogens (tertiary/aromatic N) is 2. The Balaban J connectivity index is 1.96. The highest BCUT2D eigenvalue weighted by Gasteiger charge is 2.33. The maximum atomic E-state index is 13.6. The Kier molecular flexibility index (Phi) is 6.61. The molecule has 0 unspecified atom stereocenters. The molecule has 2 heterocycles. The zero-order valence-corrected chi connectivity index (χ0v) is 21.2. The van der Waals surface area contributed by atoms with Gasteiger partial charge >= 0.3 is 5.97 Å². The highest BCUT2D eigenvalue weighted by Crippen LogP contribution is 2.33. The first-order valence-electron chi connectivity index (χ1n) is 10.2. The predicted molar refractivity (Wildman–Crippen MR) is 132 cm³/mol. The van der Waals surface area contributed by atoms with Crippen molar-refractivity contribution in [1.29, 1.82) is 0 Å². The Morgan fingerprint density at radius 3 is 2.64 bits per heavy atom. The van der Waals surface area contributed by atoms with Gasteiger partial charge in [-0.25, -0.2) is 9.79 Å². The summed E-state index contributed by atoms with van der Waals surface area (Å²) in [6.45, 7) is 5.69. The number of halogens is 2. The monoisotopic (exact) mass is 546 g/mol. The molecule has 1 aromatic heterocycles. The fraction of sp³-hybridized carbons (Fsp3) is 0.208. The molecule has 2 aromatic carbocycles. The van der Waals surface area contributed by atoms with Crippen molar-refractivity contribution in [2.24, 2.45) is 4.99 Å². The summed E-state index contributed by atoms with van der Waals surface area (Å²) in [5.74, 6) is -0.558. The van der Waals surface area contributed by atoms with E-state index in [9.17, 15) is 14.7 Å². The number of benzene rings is 2. The van der Waals surface area contributed by atoms with Crippen molar-refractivity contribution in [2.45, 2.75) is 26.8 Å². The van der Waals surface area contributed by atoms with Crippen molar-refractivity contribution in [3.05, 3.63) is 93.5 Å². The zero-order chi connectivity index (χ0) is 23.9. The Labute approximate surface area is 207 Å². The first-order chi connectivity index (χ1) is 15.7. The third-order valence-corrected chi connectivity index (χ3v) is 7.12. The maximum Gasteiger partial charge on any atom is 0.338 e. The minimum absolute atomic E-state index is 0.0654. The molecule has 0 radical (unpaired) electrons. The molecule has 0 amide bonds. The summed E-state index contributed by atoms with van der Waals surface area (Å²) in [7, 11) is 0. The molecule has 0 aliphatic carbocycles. The number of aryl methyl sites for hydroxylation is 1. The lowest BCUT2D eigenvalue weighted by atomic mass is 9.95. The summed E-state index contributed by atoms with van der Waals surface area (Å²) in [5, 5.41) is 10.1. The molecule has 0 bridgehead atoms. The highest BCUT2D eigenvalue weighted by molar-refractivity contribution is 9.10. The Morgan fingerprint density at radius 1 is 1.30 bits per heavy atom. The van der Waals surface area contributed by atoms with E-state index in [1.54, 1.807) is 32.1 Å². The van der Waals surface area contributed by atoms with Gasteiger partial charge < -0.3 is 9.84 Å². The van der Waals surface area contributed by atoms with Gasteiger partial charge in [-0.15, -0.1) is 0 Å². The summed E-state index contributed by atoms with van der Waals surface area (Å²) >= 11 is 10.6. The van der Waals surface area contributed by atoms with Crippen molar-refractivity contribution in [3.8, 4) is 5.75 Å². The van der Waals surface area contributed by atoms with E-state index in [2.05, 4.69) is 20.9 Å². The van der Waals surface area contributed by atoms with Crippen LogP contribution in [-0.2, 0) is 9.53 Å². The second-order valence-electron chi connectivity index (χ2n) is 7.55. The molecule has 1 aliphatic rings. The van der Waals surface area contributed by atoms with E-state index in [0.717, 1.165) is 11.1 Å². The summed E-state index contributed by atoms with van der Waals surface area (Å²) in [6.07, 6.45) is 1.69. The zero-order valence-electron chi connectivity index (χ0n) is 18.1. The quantitative estimate of drug-likeness (QED) is 0.496. The molecule has 1 atom stereocenters. The van der Waals surface area contributed by atoms with Crippen LogP contribution < -0.4 is 14.9 Å². The molecule has 9 heteroatoms. The van der Waals surface area contributed by atoms with Crippen LogP contribution in [0.5, 0.6) is 5.75 Å². The molecule has 4 rings (SSSR count). The molecule has 170 valence electrons. The number of rotatable bonds is 4. The van der Waals surface area contributed by atoms with E-state index in [1.807, 2.05) is 31.2 Å². The van der Waals surface area contributed by atoms with Crippen molar-refractivity contribution in [1.82, 2.24) is 4.57 Å². The van der Waals surface area contributed by atoms with E-state index in [4.69, 9.17) is 16.3 Å². The van der Waals surface area contributed by atoms with Crippen molar-refractivity contribution in [3.63, 3.8) is 0 Å². The van der Waals surface area contributed by atoms with E-state index < -0.39 is 12.0 Å². The molecule has 33 heavy (non-hydrogen) atoms. The molecule has 0 saturated heterocycles. The van der Waals surface area contributed by atoms with Gasteiger partial charge in [-0.3, -0.25) is 9.36 Å². The van der Waals surface area contributed by atoms with Gasteiger partial charge in [-0.2, -0.15) is 0 Å². The normalized spacial score (nSPS) is 15.9. The van der Waals surface area contributed by atoms with Gasteiger partial charge in [0.2, 0.25) is 0 Å². The number of hydrogen-bond acceptors (Lipinski definition) is 6. The molecule has 6 nitrogen and oxygen atoms in total. The molecule has 0 fully saturated rings. The van der Waals surface area contributed by atoms with Gasteiger partial charge in [0, 0.05) is 0 Å². The van der Waals surface area contributed by atoms with Crippen LogP contribution in [0.4, 0.5) is 0 Å². The average molecular weight is 548 g/mol. The molecular weight excluding hydrogens is 528 g/mol. The van der Waals surface area contributed by atoms with Crippen LogP contribution in [0.2, 0.25) is 5.02 Å². The third kappa shape index (κ3) is 4.43. The first kappa shape index (κ1) is 23.5. The van der Waals surface area contributed by atoms with E-state index in [-0.39, 0.29) is 22.9 Å². The van der Waals surface area contributed by atoms with Gasteiger partial charge in [0.05, 0.1) is 37.9 Å². The lowest BCUT2D eigenvalue weighted by molar-refractivity contribution is -0.139. The van der Waals surface area contributed by atoms with E-state index in [1.165, 1.54) is 15.9 Å². The first-order valence-corrected chi connectivity index (χ1v) is 12.1. The van der Waals surface area contributed by atoms with Crippen molar-refractivity contribution in [2.75, 3.05) is 6.61 Å². The van der Waals surface area contributed by atoms with E-state index in [0.29, 0.717) is 30.6 Å². The number of aromatic nitrogens is 1. The van der Waals surface area contributed by atoms with Crippen LogP contribution in [0.1, 0.15) is 36.6 Å². The summed E-state index contributed by atoms with van der Waals surface area (Å²) in [5.41, 5.74) is 3.08. The largest absolute Gasteiger partial charge is 0.505 e. The maximum absolute atomic E-state index is 13.6. The summed E-state index contributed by atoms with van der Waals surface area (Å²) in [6, 6.07) is 10.3. The Hall–Kier alpha value is -2.68. The van der Waals surface area contributed by atoms with Gasteiger partial charge in [-0.05, 0) is 66.0 Å². The topological polar surface area (TPSA) is 80.9 Å². The van der Waals surface area contributed by atoms with Gasteiger partial charge in [0.25, 0.3) is 5.56 Å². The van der Waals surface area contributed by atoms with E-state index >= 15 is 0 Å². The van der Waals surface area contributed by atoms with Crippen LogP contribution in [0.3, 0.4) is 0 Å². The third-order valence-electron chi connectivity index (χ3n) is 5.25. The second kappa shape index (κ2) is 9.29. The van der Waals surface area contributed by atoms with Crippen LogP contribution in [0, 0.1) is 6.92 Å². The molecule has 0 saturated carbocycles. The lowest BCUT2D eigenvalue weighted by Gasteiger charge is -2.24. The minimum atomic E-state index is -0.654. The SMILES string of the molecule is CCOC(=O)C1=C(C)N=c2s/c(=C/c3cc(Cl)c(O)c(Br)c3)c(=O)n2[C@H]1c1ccc(C)cc1. The van der Waals surface area contributed by atoms with Crippen LogP contribution >= 0.6 is 38.9 Å². The lowest BCUT2D eigenvalue weighted by Crippen LogP contribution is -2.39. The number of phenolic OH excluding ortho intramolecular Hbond substituents is 1. The predicted octanol–water partition coefficient (Wildman–Crippen LogP) is 4.23. The number of carbonyl (C=O) groups excluding carboxylic acids is 1. The average Bonchev–Trinajstić information content (AvgIpc) is 3.06. The Bertz CT molecular complexity index is 1450. The number of esters is 1. The van der Waals surface area contributed by atoms with Crippen molar-refractivity contribution >= 4 is 50.9 Å². The summed E-state index contributed by atoms with van der Waals surface area (Å²) in [4.78, 5) is 31.5. The number of phenols is 1. The van der Waals surface area contributed by atoms with Gasteiger partial charge in [0.1, 0.15) is 5.75 Å². The standard InChI is InChI=1S/C24H20BrClN2O4S/c1-4-32-23(31)19-13(3)27-24-28(20(19)15-7-5-12(2)6-8-15)22(30)18(33-24)11-14-9-16(25)21(29)17(26)10-14/h5-11,20,29H,4H2,1-3H3/b18-11+/t20-/m0/s1. The fourth-order valence-electron chi connectivity index (χ4n) is 3.68. The number of aromatic hydroxyl groups is 1. The number of fused-ring (bicyclic) bond motifs is 1. The molecule has 1 N–H and O–H groups in total. The number of ether oxygens (including phenoxy) is 1. The van der Waals surface area contributed by atoms with Crippen LogP contribution in [0.25, 0.3) is 6.08 Å². The van der Waals surface area contributed by atoms with Crippen LogP contribution in [0.15, 0.2) is 61.9 Å². The second-order valence-corrected chi connectivity index (χ2v) is 9.82. The smallest absolute Gasteiger partial charge is 0.338 e. The number of thiazole rings is 1. The number of carbonyl (C=O) groups is 1. The molecule has 3 aromatic rings. The highest BCUT2D eigenvalue weighted by atomic mass is 79.9. The fourth-order valence-corrected chi connectivity index (χ4v) is 5.54. The van der Waals surface area contributed by atoms with Crippen LogP contribution in [-0.4, -0.2) is 22.2 Å². The molecular formula is C24H20BrClN2O4S. The summed E-state index contributed by atoms with van der Waals surface area (Å²) < 4.78 is 7.69. The van der Waals surface area contributed by atoms with Gasteiger partial charge in [0.15, 0.2) is 4.80 Å². The Morgan fingerprint density at radius 2 is 2.00 bits per heavy atom. The van der Waals surface area contributed by atoms with Gasteiger partial charge in [-0.1, -0.05) is 52.8 Å². The molecule has 1 aliphatic heterocycles. The number of allylic oxidation sites excluding steroid dienone is 1. The number of hydrogen-bond donors (Lipinski definition) is 1. The van der Waals surface area contributed by atoms with Crippen molar-refractivity contribution < 1.29 is 14.6 Å². The molecule has 0 spiro atoms.